The van der Waals surface area contributed by atoms with Crippen LogP contribution < -0.4 is 24.3 Å². The lowest BCUT2D eigenvalue weighted by Gasteiger charge is -2.16. The maximum Gasteiger partial charge on any atom is 0.344 e. The zero-order valence-corrected chi connectivity index (χ0v) is 20.1. The van der Waals surface area contributed by atoms with E-state index < -0.39 is 11.9 Å². The van der Waals surface area contributed by atoms with Gasteiger partial charge in [0.15, 0.2) is 11.5 Å². The number of rotatable bonds is 10. The second-order valence-electron chi connectivity index (χ2n) is 6.38. The Balaban J connectivity index is 2.21. The predicted octanol–water partition coefficient (Wildman–Crippen LogP) is 3.36. The molecule has 1 N–H and O–H groups in total. The molecular formula is C23H23BrN2O7. The molecule has 2 aromatic carbocycles. The number of amides is 1. The number of nitrogens with one attached hydrogen (secondary N) is 1. The molecule has 0 saturated carbocycles. The van der Waals surface area contributed by atoms with Crippen LogP contribution in [-0.2, 0) is 9.53 Å². The van der Waals surface area contributed by atoms with Crippen LogP contribution in [0.2, 0.25) is 0 Å². The molecule has 0 saturated heterocycles. The Hall–Kier alpha value is -3.55. The first-order valence-corrected chi connectivity index (χ1v) is 10.4. The van der Waals surface area contributed by atoms with Crippen LogP contribution in [-0.4, -0.2) is 53.5 Å². The number of carbonyl (C=O) groups excluding carboxylic acids is 2. The minimum absolute atomic E-state index is 0.0581. The summed E-state index contributed by atoms with van der Waals surface area (Å²) < 4.78 is 26.6. The van der Waals surface area contributed by atoms with Crippen LogP contribution in [0, 0.1) is 11.3 Å². The van der Waals surface area contributed by atoms with Crippen molar-refractivity contribution in [3.05, 3.63) is 51.5 Å². The Morgan fingerprint density at radius 1 is 1.06 bits per heavy atom. The van der Waals surface area contributed by atoms with Gasteiger partial charge < -0.3 is 29.0 Å². The van der Waals surface area contributed by atoms with Gasteiger partial charge in [0.25, 0.3) is 5.91 Å². The van der Waals surface area contributed by atoms with Crippen molar-refractivity contribution in [3.8, 4) is 29.1 Å². The molecule has 0 aliphatic heterocycles. The number of methoxy groups -OCH3 is 4. The number of hydrogen-bond acceptors (Lipinski definition) is 8. The van der Waals surface area contributed by atoms with Gasteiger partial charge in [-0.05, 0) is 45.8 Å². The lowest BCUT2D eigenvalue weighted by Crippen LogP contribution is -2.27. The summed E-state index contributed by atoms with van der Waals surface area (Å²) in [5, 5.41) is 11.8. The molecule has 9 nitrogen and oxygen atoms in total. The van der Waals surface area contributed by atoms with Crippen LogP contribution in [0.25, 0.3) is 6.08 Å². The average molecular weight is 519 g/mol. The van der Waals surface area contributed by atoms with E-state index in [1.165, 1.54) is 40.6 Å². The van der Waals surface area contributed by atoms with Gasteiger partial charge in [0.05, 0.1) is 38.0 Å². The zero-order valence-electron chi connectivity index (χ0n) is 18.6. The first kappa shape index (κ1) is 25.7. The highest BCUT2D eigenvalue weighted by molar-refractivity contribution is 9.10. The van der Waals surface area contributed by atoms with Gasteiger partial charge in [0, 0.05) is 13.7 Å². The number of esters is 1. The number of ether oxygens (including phenoxy) is 5. The standard InChI is InChI=1S/C23H23BrN2O7/c1-29-10-9-26-22(27)15(13-25)11-14-5-7-16(8-6-14)33-23(28)17-12-18(30-2)20(31-3)21(32-4)19(17)24/h5-8,11-12H,9-10H2,1-4H3,(H,26,27)/b15-11+. The van der Waals surface area contributed by atoms with E-state index in [9.17, 15) is 14.9 Å². The maximum atomic E-state index is 12.8. The van der Waals surface area contributed by atoms with E-state index in [1.54, 1.807) is 24.3 Å². The summed E-state index contributed by atoms with van der Waals surface area (Å²) in [5.74, 6) is 0.0341. The molecule has 0 aliphatic rings. The quantitative estimate of drug-likeness (QED) is 0.167. The summed E-state index contributed by atoms with van der Waals surface area (Å²) in [7, 11) is 5.86. The van der Waals surface area contributed by atoms with Crippen molar-refractivity contribution >= 4 is 33.9 Å². The van der Waals surface area contributed by atoms with Crippen molar-refractivity contribution < 1.29 is 33.3 Å². The van der Waals surface area contributed by atoms with Crippen molar-refractivity contribution in [2.24, 2.45) is 0 Å². The molecule has 0 aromatic heterocycles. The lowest BCUT2D eigenvalue weighted by atomic mass is 10.1. The molecule has 0 radical (unpaired) electrons. The van der Waals surface area contributed by atoms with Gasteiger partial charge in [-0.1, -0.05) is 12.1 Å². The largest absolute Gasteiger partial charge is 0.493 e. The minimum Gasteiger partial charge on any atom is -0.493 e. The number of carbonyl (C=O) groups is 2. The first-order chi connectivity index (χ1) is 15.9. The predicted molar refractivity (Wildman–Crippen MR) is 124 cm³/mol. The second kappa shape index (κ2) is 12.5. The molecule has 2 rings (SSSR count). The fraction of sp³-hybridized carbons (Fsp3) is 0.261. The van der Waals surface area contributed by atoms with Crippen molar-refractivity contribution in [2.75, 3.05) is 41.6 Å². The molecule has 0 heterocycles. The first-order valence-electron chi connectivity index (χ1n) is 9.59. The van der Waals surface area contributed by atoms with Crippen LogP contribution in [0.5, 0.6) is 23.0 Å². The third-order valence-corrected chi connectivity index (χ3v) is 5.14. The van der Waals surface area contributed by atoms with E-state index >= 15 is 0 Å². The topological polar surface area (TPSA) is 116 Å². The van der Waals surface area contributed by atoms with E-state index in [2.05, 4.69) is 21.2 Å². The Kier molecular flexibility index (Phi) is 9.72. The fourth-order valence-electron chi connectivity index (χ4n) is 2.74. The van der Waals surface area contributed by atoms with E-state index in [0.717, 1.165) is 0 Å². The second-order valence-corrected chi connectivity index (χ2v) is 7.18. The zero-order chi connectivity index (χ0) is 24.4. The summed E-state index contributed by atoms with van der Waals surface area (Å²) in [4.78, 5) is 24.8. The summed E-state index contributed by atoms with van der Waals surface area (Å²) >= 11 is 3.35. The Bertz CT molecular complexity index is 1080. The summed E-state index contributed by atoms with van der Waals surface area (Å²) in [5.41, 5.74) is 0.701. The molecule has 0 fully saturated rings. The molecule has 10 heteroatoms. The van der Waals surface area contributed by atoms with Crippen LogP contribution >= 0.6 is 15.9 Å². The maximum absolute atomic E-state index is 12.8. The van der Waals surface area contributed by atoms with Gasteiger partial charge in [-0.25, -0.2) is 4.79 Å². The van der Waals surface area contributed by atoms with Crippen LogP contribution in [0.3, 0.4) is 0 Å². The van der Waals surface area contributed by atoms with Crippen molar-refractivity contribution in [3.63, 3.8) is 0 Å². The molecule has 1 amide bonds. The van der Waals surface area contributed by atoms with Gasteiger partial charge >= 0.3 is 5.97 Å². The SMILES string of the molecule is COCCNC(=O)/C(C#N)=C/c1ccc(OC(=O)c2cc(OC)c(OC)c(OC)c2Br)cc1. The van der Waals surface area contributed by atoms with Gasteiger partial charge in [-0.3, -0.25) is 4.79 Å². The fourth-order valence-corrected chi connectivity index (χ4v) is 3.36. The molecule has 0 spiro atoms. The number of benzene rings is 2. The Morgan fingerprint density at radius 3 is 2.27 bits per heavy atom. The van der Waals surface area contributed by atoms with Gasteiger partial charge in [-0.2, -0.15) is 5.26 Å². The molecule has 174 valence electrons. The third-order valence-electron chi connectivity index (χ3n) is 4.35. The third kappa shape index (κ3) is 6.47. The molecule has 33 heavy (non-hydrogen) atoms. The van der Waals surface area contributed by atoms with E-state index in [0.29, 0.717) is 34.7 Å². The molecule has 0 atom stereocenters. The van der Waals surface area contributed by atoms with Crippen molar-refractivity contribution in [2.45, 2.75) is 0 Å². The van der Waals surface area contributed by atoms with E-state index in [-0.39, 0.29) is 22.6 Å². The molecule has 0 bridgehead atoms. The normalized spacial score (nSPS) is 10.7. The number of nitriles is 1. The smallest absolute Gasteiger partial charge is 0.344 e. The minimum atomic E-state index is -0.653. The van der Waals surface area contributed by atoms with Crippen molar-refractivity contribution in [1.29, 1.82) is 5.26 Å². The van der Waals surface area contributed by atoms with Crippen LogP contribution in [0.4, 0.5) is 0 Å². The van der Waals surface area contributed by atoms with Gasteiger partial charge in [-0.15, -0.1) is 0 Å². The Morgan fingerprint density at radius 2 is 1.73 bits per heavy atom. The molecule has 2 aromatic rings. The average Bonchev–Trinajstić information content (AvgIpc) is 2.82. The molecule has 0 aliphatic carbocycles. The summed E-state index contributed by atoms with van der Waals surface area (Å²) in [6, 6.07) is 9.68. The lowest BCUT2D eigenvalue weighted by molar-refractivity contribution is -0.117. The number of nitrogens with zero attached hydrogens (tertiary/aromatic N) is 1. The molecular weight excluding hydrogens is 496 g/mol. The van der Waals surface area contributed by atoms with Crippen molar-refractivity contribution in [1.82, 2.24) is 5.32 Å². The van der Waals surface area contributed by atoms with Crippen LogP contribution in [0.15, 0.2) is 40.4 Å². The highest BCUT2D eigenvalue weighted by Crippen LogP contribution is 2.44. The monoisotopic (exact) mass is 518 g/mol. The Labute approximate surface area is 200 Å². The van der Waals surface area contributed by atoms with Crippen LogP contribution in [0.1, 0.15) is 15.9 Å². The highest BCUT2D eigenvalue weighted by atomic mass is 79.9. The van der Waals surface area contributed by atoms with E-state index in [1.807, 2.05) is 6.07 Å². The summed E-state index contributed by atoms with van der Waals surface area (Å²) in [6.07, 6.45) is 1.43. The van der Waals surface area contributed by atoms with E-state index in [4.69, 9.17) is 23.7 Å². The van der Waals surface area contributed by atoms with Gasteiger partial charge in [0.1, 0.15) is 17.4 Å². The number of hydrogen-bond donors (Lipinski definition) is 1. The molecule has 0 unspecified atom stereocenters. The van der Waals surface area contributed by atoms with Gasteiger partial charge in [0.2, 0.25) is 5.75 Å². The summed E-state index contributed by atoms with van der Waals surface area (Å²) in [6.45, 7) is 0.631. The number of halogens is 1. The highest BCUT2D eigenvalue weighted by Gasteiger charge is 2.24.